The zero-order chi connectivity index (χ0) is 17.8. The van der Waals surface area contributed by atoms with Crippen LogP contribution in [0.2, 0.25) is 5.02 Å². The molecule has 3 rings (SSSR count). The van der Waals surface area contributed by atoms with E-state index in [2.05, 4.69) is 17.0 Å². The van der Waals surface area contributed by atoms with E-state index in [1.165, 1.54) is 5.56 Å². The molecule has 2 unspecified atom stereocenters. The lowest BCUT2D eigenvalue weighted by Gasteiger charge is -2.35. The van der Waals surface area contributed by atoms with Crippen molar-refractivity contribution in [1.29, 1.82) is 0 Å². The van der Waals surface area contributed by atoms with E-state index in [0.717, 1.165) is 13.1 Å². The number of carbonyl (C=O) groups excluding carboxylic acids is 2. The number of rotatable bonds is 5. The molecule has 130 valence electrons. The largest absolute Gasteiger partial charge is 0.299 e. The molecule has 4 heteroatoms. The fourth-order valence-corrected chi connectivity index (χ4v) is 3.60. The van der Waals surface area contributed by atoms with Gasteiger partial charge in [0.25, 0.3) is 0 Å². The smallest absolute Gasteiger partial charge is 0.163 e. The number of likely N-dealkylation sites (tertiary alicyclic amines) is 1. The maximum absolute atomic E-state index is 12.5. The van der Waals surface area contributed by atoms with E-state index in [1.807, 2.05) is 25.1 Å². The van der Waals surface area contributed by atoms with Crippen molar-refractivity contribution in [3.8, 4) is 0 Å². The molecule has 25 heavy (non-hydrogen) atoms. The molecule has 0 saturated carbocycles. The number of halogens is 1. The molecule has 1 aliphatic rings. The van der Waals surface area contributed by atoms with E-state index in [1.54, 1.807) is 24.3 Å². The van der Waals surface area contributed by atoms with Crippen molar-refractivity contribution < 1.29 is 9.59 Å². The molecule has 2 aromatic rings. The minimum atomic E-state index is -0.240. The van der Waals surface area contributed by atoms with Crippen LogP contribution in [0.3, 0.4) is 0 Å². The maximum Gasteiger partial charge on any atom is 0.163 e. The average Bonchev–Trinajstić information content (AvgIpc) is 2.60. The van der Waals surface area contributed by atoms with Crippen LogP contribution >= 0.6 is 11.6 Å². The second-order valence-corrected chi connectivity index (χ2v) is 7.25. The van der Waals surface area contributed by atoms with Gasteiger partial charge in [-0.25, -0.2) is 0 Å². The molecular formula is C21H22ClNO2. The normalized spacial score (nSPS) is 21.3. The van der Waals surface area contributed by atoms with Crippen LogP contribution < -0.4 is 0 Å². The fraction of sp³-hybridized carbons (Fsp3) is 0.333. The predicted octanol–water partition coefficient (Wildman–Crippen LogP) is 4.25. The van der Waals surface area contributed by atoms with Gasteiger partial charge in [-0.2, -0.15) is 0 Å². The summed E-state index contributed by atoms with van der Waals surface area (Å²) in [5, 5.41) is 0.605. The number of carbonyl (C=O) groups is 2. The Hall–Kier alpha value is -1.97. The molecule has 1 saturated heterocycles. The summed E-state index contributed by atoms with van der Waals surface area (Å²) in [6, 6.07) is 17.1. The summed E-state index contributed by atoms with van der Waals surface area (Å²) in [5.41, 5.74) is 1.84. The van der Waals surface area contributed by atoms with Crippen LogP contribution in [0.25, 0.3) is 0 Å². The Balaban J connectivity index is 1.67. The molecule has 0 spiro atoms. The molecule has 0 radical (unpaired) electrons. The van der Waals surface area contributed by atoms with Crippen LogP contribution in [-0.2, 0) is 11.3 Å². The second kappa shape index (κ2) is 7.94. The van der Waals surface area contributed by atoms with Gasteiger partial charge >= 0.3 is 0 Å². The van der Waals surface area contributed by atoms with Crippen molar-refractivity contribution >= 4 is 23.2 Å². The molecule has 1 aliphatic heterocycles. The standard InChI is InChI=1S/C21H22ClNO2/c1-15-12-23(13-16-5-3-2-4-6-16)14-18(21(15)25)11-20(24)17-7-9-19(22)10-8-17/h2-10,15,18H,11-14H2,1H3. The van der Waals surface area contributed by atoms with Crippen molar-refractivity contribution in [2.24, 2.45) is 11.8 Å². The van der Waals surface area contributed by atoms with Crippen molar-refractivity contribution in [2.45, 2.75) is 19.9 Å². The summed E-state index contributed by atoms with van der Waals surface area (Å²) in [6.07, 6.45) is 0.260. The van der Waals surface area contributed by atoms with Crippen LogP contribution in [0.1, 0.15) is 29.3 Å². The lowest BCUT2D eigenvalue weighted by molar-refractivity contribution is -0.130. The molecule has 1 fully saturated rings. The first-order valence-corrected chi connectivity index (χ1v) is 8.99. The number of hydrogen-bond acceptors (Lipinski definition) is 3. The van der Waals surface area contributed by atoms with Gasteiger partial charge < -0.3 is 0 Å². The van der Waals surface area contributed by atoms with E-state index in [-0.39, 0.29) is 29.8 Å². The van der Waals surface area contributed by atoms with Gasteiger partial charge in [-0.1, -0.05) is 48.9 Å². The molecule has 0 amide bonds. The van der Waals surface area contributed by atoms with Crippen molar-refractivity contribution in [2.75, 3.05) is 13.1 Å². The Morgan fingerprint density at radius 2 is 1.76 bits per heavy atom. The quantitative estimate of drug-likeness (QED) is 0.752. The molecule has 2 atom stereocenters. The summed E-state index contributed by atoms with van der Waals surface area (Å²) in [5.74, 6) is -0.0773. The lowest BCUT2D eigenvalue weighted by atomic mass is 9.84. The van der Waals surface area contributed by atoms with Crippen LogP contribution in [0, 0.1) is 11.8 Å². The second-order valence-electron chi connectivity index (χ2n) is 6.81. The predicted molar refractivity (Wildman–Crippen MR) is 99.8 cm³/mol. The van der Waals surface area contributed by atoms with Gasteiger partial charge in [0, 0.05) is 48.5 Å². The molecule has 0 aliphatic carbocycles. The zero-order valence-electron chi connectivity index (χ0n) is 14.3. The SMILES string of the molecule is CC1CN(Cc2ccccc2)CC(CC(=O)c2ccc(Cl)cc2)C1=O. The van der Waals surface area contributed by atoms with Crippen LogP contribution in [-0.4, -0.2) is 29.6 Å². The van der Waals surface area contributed by atoms with Gasteiger partial charge in [0.15, 0.2) is 5.78 Å². The van der Waals surface area contributed by atoms with E-state index in [0.29, 0.717) is 17.1 Å². The van der Waals surface area contributed by atoms with Gasteiger partial charge in [-0.05, 0) is 29.8 Å². The van der Waals surface area contributed by atoms with Crippen LogP contribution in [0.5, 0.6) is 0 Å². The highest BCUT2D eigenvalue weighted by Crippen LogP contribution is 2.24. The molecule has 0 bridgehead atoms. The zero-order valence-corrected chi connectivity index (χ0v) is 15.1. The summed E-state index contributed by atoms with van der Waals surface area (Å²) in [7, 11) is 0. The Morgan fingerprint density at radius 1 is 1.08 bits per heavy atom. The molecule has 3 nitrogen and oxygen atoms in total. The summed E-state index contributed by atoms with van der Waals surface area (Å²) >= 11 is 5.87. The number of benzene rings is 2. The number of hydrogen-bond donors (Lipinski definition) is 0. The molecular weight excluding hydrogens is 334 g/mol. The highest BCUT2D eigenvalue weighted by Gasteiger charge is 2.33. The first kappa shape index (κ1) is 17.8. The van der Waals surface area contributed by atoms with E-state index in [9.17, 15) is 9.59 Å². The van der Waals surface area contributed by atoms with Gasteiger partial charge in [0.2, 0.25) is 0 Å². The molecule has 1 heterocycles. The summed E-state index contributed by atoms with van der Waals surface area (Å²) in [6.45, 7) is 4.15. The Morgan fingerprint density at radius 3 is 2.44 bits per heavy atom. The number of nitrogens with zero attached hydrogens (tertiary/aromatic N) is 1. The molecule has 2 aromatic carbocycles. The van der Waals surface area contributed by atoms with Crippen molar-refractivity contribution in [1.82, 2.24) is 4.90 Å². The van der Waals surface area contributed by atoms with E-state index < -0.39 is 0 Å². The minimum Gasteiger partial charge on any atom is -0.299 e. The Kier molecular flexibility index (Phi) is 5.67. The lowest BCUT2D eigenvalue weighted by Crippen LogP contribution is -2.46. The summed E-state index contributed by atoms with van der Waals surface area (Å²) < 4.78 is 0. The topological polar surface area (TPSA) is 37.4 Å². The third-order valence-corrected chi connectivity index (χ3v) is 5.00. The first-order chi connectivity index (χ1) is 12.0. The number of ketones is 2. The highest BCUT2D eigenvalue weighted by molar-refractivity contribution is 6.30. The van der Waals surface area contributed by atoms with Gasteiger partial charge in [0.1, 0.15) is 5.78 Å². The van der Waals surface area contributed by atoms with Crippen LogP contribution in [0.4, 0.5) is 0 Å². The Bertz CT molecular complexity index is 742. The first-order valence-electron chi connectivity index (χ1n) is 8.61. The third kappa shape index (κ3) is 4.56. The third-order valence-electron chi connectivity index (χ3n) is 4.75. The monoisotopic (exact) mass is 355 g/mol. The minimum absolute atomic E-state index is 0.00350. The van der Waals surface area contributed by atoms with E-state index >= 15 is 0 Å². The van der Waals surface area contributed by atoms with Crippen molar-refractivity contribution in [3.05, 3.63) is 70.7 Å². The highest BCUT2D eigenvalue weighted by atomic mass is 35.5. The number of Topliss-reactive ketones (excluding diaryl/α,β-unsaturated/α-hetero) is 2. The number of piperidine rings is 1. The van der Waals surface area contributed by atoms with Gasteiger partial charge in [0.05, 0.1) is 0 Å². The van der Waals surface area contributed by atoms with Gasteiger partial charge in [-0.15, -0.1) is 0 Å². The van der Waals surface area contributed by atoms with E-state index in [4.69, 9.17) is 11.6 Å². The molecule has 0 aromatic heterocycles. The molecule has 0 N–H and O–H groups in total. The van der Waals surface area contributed by atoms with Crippen LogP contribution in [0.15, 0.2) is 54.6 Å². The van der Waals surface area contributed by atoms with Crippen molar-refractivity contribution in [3.63, 3.8) is 0 Å². The summed E-state index contributed by atoms with van der Waals surface area (Å²) in [4.78, 5) is 27.4. The Labute approximate surface area is 153 Å². The maximum atomic E-state index is 12.5. The van der Waals surface area contributed by atoms with Gasteiger partial charge in [-0.3, -0.25) is 14.5 Å². The average molecular weight is 356 g/mol. The fourth-order valence-electron chi connectivity index (χ4n) is 3.47.